The number of hydrogen-bond donors (Lipinski definition) is 2. The normalized spacial score (nSPS) is 21.2. The smallest absolute Gasteiger partial charge is 0.225 e. The lowest BCUT2D eigenvalue weighted by Gasteiger charge is -2.22. The fraction of sp³-hybridized carbons (Fsp3) is 0.750. The third kappa shape index (κ3) is 3.84. The third-order valence-electron chi connectivity index (χ3n) is 4.87. The molecule has 21 heavy (non-hydrogen) atoms. The Morgan fingerprint density at radius 1 is 1.43 bits per heavy atom. The quantitative estimate of drug-likeness (QED) is 0.846. The maximum Gasteiger partial charge on any atom is 0.225 e. The van der Waals surface area contributed by atoms with E-state index in [9.17, 15) is 4.79 Å². The molecule has 1 unspecified atom stereocenters. The van der Waals surface area contributed by atoms with E-state index >= 15 is 0 Å². The van der Waals surface area contributed by atoms with Crippen LogP contribution in [0.1, 0.15) is 51.5 Å². The number of piperidine rings is 1. The first-order valence-electron chi connectivity index (χ1n) is 8.28. The van der Waals surface area contributed by atoms with E-state index in [0.29, 0.717) is 18.4 Å². The van der Waals surface area contributed by atoms with Gasteiger partial charge in [0.1, 0.15) is 5.82 Å². The number of hydrogen-bond acceptors (Lipinski definition) is 3. The van der Waals surface area contributed by atoms with Gasteiger partial charge < -0.3 is 10.6 Å². The molecule has 2 fully saturated rings. The summed E-state index contributed by atoms with van der Waals surface area (Å²) < 4.78 is 1.97. The van der Waals surface area contributed by atoms with Crippen LogP contribution in [-0.2, 0) is 4.79 Å². The van der Waals surface area contributed by atoms with E-state index in [1.807, 2.05) is 10.7 Å². The molecule has 2 N–H and O–H groups in total. The number of amides is 1. The Kier molecular flexibility index (Phi) is 4.58. The zero-order chi connectivity index (χ0) is 14.7. The minimum absolute atomic E-state index is 0.123. The predicted molar refractivity (Wildman–Crippen MR) is 83.1 cm³/mol. The highest BCUT2D eigenvalue weighted by atomic mass is 16.1. The first-order chi connectivity index (χ1) is 10.2. The molecule has 1 aromatic rings. The van der Waals surface area contributed by atoms with Crippen molar-refractivity contribution in [3.05, 3.63) is 12.3 Å². The molecule has 0 bridgehead atoms. The zero-order valence-corrected chi connectivity index (χ0v) is 12.8. The summed E-state index contributed by atoms with van der Waals surface area (Å²) in [5, 5.41) is 10.8. The number of nitrogens with one attached hydrogen (secondary N) is 2. The van der Waals surface area contributed by atoms with Gasteiger partial charge in [-0.2, -0.15) is 5.10 Å². The molecular weight excluding hydrogens is 264 g/mol. The largest absolute Gasteiger partial charge is 0.317 e. The van der Waals surface area contributed by atoms with Gasteiger partial charge in [0.25, 0.3) is 0 Å². The molecule has 1 saturated carbocycles. The van der Waals surface area contributed by atoms with Crippen molar-refractivity contribution >= 4 is 11.7 Å². The van der Waals surface area contributed by atoms with Crippen LogP contribution in [0.2, 0.25) is 0 Å². The molecule has 5 nitrogen and oxygen atoms in total. The number of anilines is 1. The van der Waals surface area contributed by atoms with Gasteiger partial charge >= 0.3 is 0 Å². The third-order valence-corrected chi connectivity index (χ3v) is 4.87. The molecule has 2 aliphatic rings. The van der Waals surface area contributed by atoms with E-state index in [1.54, 1.807) is 6.20 Å². The molecule has 0 spiro atoms. The van der Waals surface area contributed by atoms with Gasteiger partial charge in [-0.1, -0.05) is 0 Å². The molecule has 1 amide bonds. The summed E-state index contributed by atoms with van der Waals surface area (Å²) in [5.41, 5.74) is 0. The molecule has 0 radical (unpaired) electrons. The van der Waals surface area contributed by atoms with Crippen LogP contribution < -0.4 is 10.6 Å². The summed E-state index contributed by atoms with van der Waals surface area (Å²) in [4.78, 5) is 12.1. The summed E-state index contributed by atoms with van der Waals surface area (Å²) in [6.07, 6.45) is 8.36. The standard InChI is InChI=1S/C16H26N4O/c1-12(14-3-4-14)20-15(8-11-18-20)19-16(21)5-2-13-6-9-17-10-7-13/h8,11-14,17H,2-7,9-10H2,1H3,(H,19,21). The van der Waals surface area contributed by atoms with Gasteiger partial charge in [0, 0.05) is 12.5 Å². The molecule has 1 aromatic heterocycles. The van der Waals surface area contributed by atoms with Crippen LogP contribution >= 0.6 is 0 Å². The zero-order valence-electron chi connectivity index (χ0n) is 12.8. The van der Waals surface area contributed by atoms with Gasteiger partial charge in [0.05, 0.1) is 12.2 Å². The number of rotatable bonds is 6. The molecular formula is C16H26N4O. The second-order valence-electron chi connectivity index (χ2n) is 6.52. The van der Waals surface area contributed by atoms with E-state index in [4.69, 9.17) is 0 Å². The SMILES string of the molecule is CC(C1CC1)n1nccc1NC(=O)CCC1CCNCC1. The molecule has 2 heterocycles. The lowest BCUT2D eigenvalue weighted by atomic mass is 9.93. The number of aromatic nitrogens is 2. The average Bonchev–Trinajstić information content (AvgIpc) is 3.26. The van der Waals surface area contributed by atoms with Crippen LogP contribution in [0.25, 0.3) is 0 Å². The first-order valence-corrected chi connectivity index (χ1v) is 8.28. The van der Waals surface area contributed by atoms with Gasteiger partial charge in [-0.05, 0) is 64.0 Å². The highest BCUT2D eigenvalue weighted by Gasteiger charge is 2.30. The summed E-state index contributed by atoms with van der Waals surface area (Å²) in [5.74, 6) is 2.41. The lowest BCUT2D eigenvalue weighted by molar-refractivity contribution is -0.116. The summed E-state index contributed by atoms with van der Waals surface area (Å²) in [6.45, 7) is 4.38. The maximum absolute atomic E-state index is 12.1. The van der Waals surface area contributed by atoms with Crippen molar-refractivity contribution in [1.29, 1.82) is 0 Å². The van der Waals surface area contributed by atoms with Crippen molar-refractivity contribution in [3.8, 4) is 0 Å². The second kappa shape index (κ2) is 6.60. The van der Waals surface area contributed by atoms with Crippen molar-refractivity contribution < 1.29 is 4.79 Å². The van der Waals surface area contributed by atoms with Crippen LogP contribution in [0.4, 0.5) is 5.82 Å². The summed E-state index contributed by atoms with van der Waals surface area (Å²) in [6, 6.07) is 2.29. The molecule has 1 saturated heterocycles. The number of nitrogens with zero attached hydrogens (tertiary/aromatic N) is 2. The van der Waals surface area contributed by atoms with Crippen molar-refractivity contribution in [1.82, 2.24) is 15.1 Å². The van der Waals surface area contributed by atoms with E-state index in [1.165, 1.54) is 25.7 Å². The summed E-state index contributed by atoms with van der Waals surface area (Å²) in [7, 11) is 0. The molecule has 3 rings (SSSR count). The van der Waals surface area contributed by atoms with Crippen molar-refractivity contribution in [2.24, 2.45) is 11.8 Å². The van der Waals surface area contributed by atoms with Gasteiger partial charge in [0.2, 0.25) is 5.91 Å². The fourth-order valence-corrected chi connectivity index (χ4v) is 3.23. The highest BCUT2D eigenvalue weighted by molar-refractivity contribution is 5.89. The van der Waals surface area contributed by atoms with E-state index in [2.05, 4.69) is 22.7 Å². The number of carbonyl (C=O) groups excluding carboxylic acids is 1. The molecule has 1 aliphatic carbocycles. The Hall–Kier alpha value is -1.36. The van der Waals surface area contributed by atoms with Gasteiger partial charge in [-0.25, -0.2) is 4.68 Å². The highest BCUT2D eigenvalue weighted by Crippen LogP contribution is 2.40. The van der Waals surface area contributed by atoms with Gasteiger partial charge in [-0.15, -0.1) is 0 Å². The van der Waals surface area contributed by atoms with Gasteiger partial charge in [0.15, 0.2) is 0 Å². The lowest BCUT2D eigenvalue weighted by Crippen LogP contribution is -2.28. The Balaban J connectivity index is 1.49. The summed E-state index contributed by atoms with van der Waals surface area (Å²) >= 11 is 0. The van der Waals surface area contributed by atoms with Crippen molar-refractivity contribution in [3.63, 3.8) is 0 Å². The van der Waals surface area contributed by atoms with E-state index in [-0.39, 0.29) is 5.91 Å². The minimum Gasteiger partial charge on any atom is -0.317 e. The first kappa shape index (κ1) is 14.6. The predicted octanol–water partition coefficient (Wildman–Crippen LogP) is 2.57. The van der Waals surface area contributed by atoms with Crippen LogP contribution in [0.15, 0.2) is 12.3 Å². The Morgan fingerprint density at radius 2 is 2.19 bits per heavy atom. The van der Waals surface area contributed by atoms with Crippen LogP contribution in [0.3, 0.4) is 0 Å². The molecule has 1 atom stereocenters. The molecule has 5 heteroatoms. The van der Waals surface area contributed by atoms with Crippen LogP contribution in [0, 0.1) is 11.8 Å². The fourth-order valence-electron chi connectivity index (χ4n) is 3.23. The van der Waals surface area contributed by atoms with Crippen LogP contribution in [-0.4, -0.2) is 28.8 Å². The second-order valence-corrected chi connectivity index (χ2v) is 6.52. The van der Waals surface area contributed by atoms with Crippen LogP contribution in [0.5, 0.6) is 0 Å². The average molecular weight is 290 g/mol. The van der Waals surface area contributed by atoms with E-state index in [0.717, 1.165) is 31.2 Å². The van der Waals surface area contributed by atoms with Crippen molar-refractivity contribution in [2.75, 3.05) is 18.4 Å². The van der Waals surface area contributed by atoms with Crippen molar-refractivity contribution in [2.45, 2.75) is 51.5 Å². The topological polar surface area (TPSA) is 59.0 Å². The Bertz CT molecular complexity index is 474. The van der Waals surface area contributed by atoms with Gasteiger partial charge in [-0.3, -0.25) is 4.79 Å². The molecule has 1 aliphatic heterocycles. The van der Waals surface area contributed by atoms with E-state index < -0.39 is 0 Å². The Labute approximate surface area is 126 Å². The minimum atomic E-state index is 0.123. The number of carbonyl (C=O) groups is 1. The molecule has 0 aromatic carbocycles. The molecule has 116 valence electrons. The Morgan fingerprint density at radius 3 is 2.90 bits per heavy atom. The monoisotopic (exact) mass is 290 g/mol. The maximum atomic E-state index is 12.1.